The zero-order valence-electron chi connectivity index (χ0n) is 9.46. The molecule has 84 valence electrons. The molecule has 0 fully saturated rings. The van der Waals surface area contributed by atoms with Crippen molar-refractivity contribution in [3.05, 3.63) is 0 Å². The van der Waals surface area contributed by atoms with Gasteiger partial charge in [0.2, 0.25) is 0 Å². The summed E-state index contributed by atoms with van der Waals surface area (Å²) in [6.07, 6.45) is 12.0. The minimum absolute atomic E-state index is 0.737. The third-order valence-electron chi connectivity index (χ3n) is 2.43. The van der Waals surface area contributed by atoms with Crippen molar-refractivity contribution in [1.29, 1.82) is 0 Å². The van der Waals surface area contributed by atoms with E-state index in [4.69, 9.17) is 3.07 Å². The maximum absolute atomic E-state index is 10.1. The molecule has 0 amide bonds. The molecule has 0 spiro atoms. The molecule has 0 aliphatic carbocycles. The number of hydrogen-bond acceptors (Lipinski definition) is 2. The second-order valence-electron chi connectivity index (χ2n) is 3.80. The average Bonchev–Trinajstić information content (AvgIpc) is 2.21. The van der Waals surface area contributed by atoms with Crippen molar-refractivity contribution in [3.63, 3.8) is 0 Å². The fourth-order valence-electron chi connectivity index (χ4n) is 1.54. The standard InChI is InChI=1S/C11H23O.O.Sn.H/c1-2-3-4-5-6-7-8-9-10-11-12;;;/h2-11H2,1H3;;;/q-1;;+1;. The normalized spacial score (nSPS) is 10.4. The van der Waals surface area contributed by atoms with E-state index in [1.54, 1.807) is 0 Å². The SMILES string of the molecule is CCCCCCCCCCC[O][SnH]=[O]. The molecular formula is C11H24O2Sn. The van der Waals surface area contributed by atoms with Crippen molar-refractivity contribution in [2.24, 2.45) is 0 Å². The summed E-state index contributed by atoms with van der Waals surface area (Å²) in [5.41, 5.74) is 0. The number of unbranched alkanes of at least 4 members (excludes halogenated alkanes) is 8. The van der Waals surface area contributed by atoms with E-state index in [0.29, 0.717) is 0 Å². The van der Waals surface area contributed by atoms with Gasteiger partial charge in [-0.3, -0.25) is 0 Å². The van der Waals surface area contributed by atoms with Crippen LogP contribution >= 0.6 is 0 Å². The van der Waals surface area contributed by atoms with Crippen LogP contribution in [-0.2, 0) is 6.15 Å². The summed E-state index contributed by atoms with van der Waals surface area (Å²) >= 11 is -1.76. The Bertz CT molecular complexity index is 118. The Morgan fingerprint density at radius 2 is 1.36 bits per heavy atom. The van der Waals surface area contributed by atoms with Crippen LogP contribution in [0.5, 0.6) is 0 Å². The van der Waals surface area contributed by atoms with Crippen LogP contribution in [0, 0.1) is 0 Å². The van der Waals surface area contributed by atoms with Crippen molar-refractivity contribution in [2.45, 2.75) is 64.7 Å². The third-order valence-corrected chi connectivity index (χ3v) is 3.49. The molecule has 14 heavy (non-hydrogen) atoms. The molecule has 0 aromatic rings. The summed E-state index contributed by atoms with van der Waals surface area (Å²) in [5.74, 6) is 0. The van der Waals surface area contributed by atoms with Crippen LogP contribution < -0.4 is 0 Å². The van der Waals surface area contributed by atoms with E-state index < -0.39 is 21.5 Å². The van der Waals surface area contributed by atoms with Crippen molar-refractivity contribution in [3.8, 4) is 0 Å². The molecule has 3 heteroatoms. The second kappa shape index (κ2) is 13.6. The first-order valence-corrected chi connectivity index (χ1v) is 8.66. The molecule has 0 saturated carbocycles. The summed E-state index contributed by atoms with van der Waals surface area (Å²) in [6.45, 7) is 2.99. The summed E-state index contributed by atoms with van der Waals surface area (Å²) < 4.78 is 15.1. The van der Waals surface area contributed by atoms with E-state index in [1.807, 2.05) is 0 Å². The fraction of sp³-hybridized carbons (Fsp3) is 1.00. The molecule has 0 aromatic heterocycles. The van der Waals surface area contributed by atoms with Gasteiger partial charge in [0.25, 0.3) is 0 Å². The summed E-state index contributed by atoms with van der Waals surface area (Å²) in [5, 5.41) is 0. The molecule has 2 nitrogen and oxygen atoms in total. The Morgan fingerprint density at radius 1 is 0.857 bits per heavy atom. The third kappa shape index (κ3) is 12.6. The Kier molecular flexibility index (Phi) is 14.1. The van der Waals surface area contributed by atoms with Gasteiger partial charge in [0, 0.05) is 0 Å². The van der Waals surface area contributed by atoms with Crippen LogP contribution in [-0.4, -0.2) is 28.1 Å². The van der Waals surface area contributed by atoms with Gasteiger partial charge in [-0.1, -0.05) is 0 Å². The van der Waals surface area contributed by atoms with Crippen molar-refractivity contribution in [1.82, 2.24) is 0 Å². The maximum atomic E-state index is 10.1. The van der Waals surface area contributed by atoms with E-state index in [0.717, 1.165) is 13.0 Å². The Labute approximate surface area is 98.9 Å². The molecule has 0 aliphatic rings. The van der Waals surface area contributed by atoms with E-state index in [9.17, 15) is 3.08 Å². The van der Waals surface area contributed by atoms with E-state index in [2.05, 4.69) is 6.92 Å². The second-order valence-corrected chi connectivity index (χ2v) is 5.30. The Hall–Kier alpha value is 0.559. The quantitative estimate of drug-likeness (QED) is 0.433. The number of hydrogen-bond donors (Lipinski definition) is 0. The molecule has 0 aliphatic heterocycles. The van der Waals surface area contributed by atoms with E-state index in [1.165, 1.54) is 51.4 Å². The summed E-state index contributed by atoms with van der Waals surface area (Å²) in [6, 6.07) is 0. The van der Waals surface area contributed by atoms with Gasteiger partial charge >= 0.3 is 99.0 Å². The predicted octanol–water partition coefficient (Wildman–Crippen LogP) is 3.23. The molecule has 0 unspecified atom stereocenters. The van der Waals surface area contributed by atoms with Crippen LogP contribution in [0.2, 0.25) is 0 Å². The van der Waals surface area contributed by atoms with Crippen LogP contribution in [0.1, 0.15) is 64.7 Å². The van der Waals surface area contributed by atoms with E-state index in [-0.39, 0.29) is 0 Å². The summed E-state index contributed by atoms with van der Waals surface area (Å²) in [7, 11) is 0. The molecule has 0 saturated heterocycles. The van der Waals surface area contributed by atoms with Crippen LogP contribution in [0.25, 0.3) is 0 Å². The molecule has 0 bridgehead atoms. The van der Waals surface area contributed by atoms with Gasteiger partial charge in [0.05, 0.1) is 0 Å². The fourth-order valence-corrected chi connectivity index (χ4v) is 2.29. The molecular weight excluding hydrogens is 283 g/mol. The Morgan fingerprint density at radius 3 is 1.86 bits per heavy atom. The van der Waals surface area contributed by atoms with Crippen molar-refractivity contribution >= 4 is 21.5 Å². The topological polar surface area (TPSA) is 26.3 Å². The van der Waals surface area contributed by atoms with E-state index >= 15 is 0 Å². The minimum atomic E-state index is -1.76. The van der Waals surface area contributed by atoms with Crippen LogP contribution in [0.4, 0.5) is 0 Å². The molecule has 0 rings (SSSR count). The van der Waals surface area contributed by atoms with Gasteiger partial charge in [-0.2, -0.15) is 0 Å². The molecule has 0 radical (unpaired) electrons. The van der Waals surface area contributed by atoms with Crippen molar-refractivity contribution in [2.75, 3.05) is 6.61 Å². The molecule has 0 heterocycles. The molecule has 0 N–H and O–H groups in total. The van der Waals surface area contributed by atoms with Gasteiger partial charge in [-0.15, -0.1) is 0 Å². The molecule has 0 aromatic carbocycles. The van der Waals surface area contributed by atoms with Gasteiger partial charge < -0.3 is 0 Å². The molecule has 0 atom stereocenters. The number of rotatable bonds is 11. The predicted molar refractivity (Wildman–Crippen MR) is 61.0 cm³/mol. The Balaban J connectivity index is 2.81. The first kappa shape index (κ1) is 14.6. The van der Waals surface area contributed by atoms with Crippen molar-refractivity contribution < 1.29 is 6.15 Å². The van der Waals surface area contributed by atoms with Crippen LogP contribution in [0.15, 0.2) is 0 Å². The first-order valence-electron chi connectivity index (χ1n) is 5.97. The zero-order chi connectivity index (χ0) is 10.5. The van der Waals surface area contributed by atoms with Gasteiger partial charge in [0.1, 0.15) is 0 Å². The van der Waals surface area contributed by atoms with Gasteiger partial charge in [-0.25, -0.2) is 0 Å². The zero-order valence-corrected chi connectivity index (χ0v) is 12.8. The average molecular weight is 307 g/mol. The first-order chi connectivity index (χ1) is 6.91. The summed E-state index contributed by atoms with van der Waals surface area (Å²) in [4.78, 5) is 0. The van der Waals surface area contributed by atoms with Gasteiger partial charge in [-0.05, 0) is 0 Å². The monoisotopic (exact) mass is 308 g/mol. The van der Waals surface area contributed by atoms with Gasteiger partial charge in [0.15, 0.2) is 0 Å². The van der Waals surface area contributed by atoms with Crippen LogP contribution in [0.3, 0.4) is 0 Å².